The Morgan fingerprint density at radius 2 is 2.23 bits per heavy atom. The average Bonchev–Trinajstić information content (AvgIpc) is 2.48. The molecule has 0 amide bonds. The zero-order valence-corrected chi connectivity index (χ0v) is 6.71. The molecule has 13 heavy (non-hydrogen) atoms. The Morgan fingerprint density at radius 3 is 2.92 bits per heavy atom. The Balaban J connectivity index is 2.51. The Kier molecular flexibility index (Phi) is 2.05. The molecule has 0 spiro atoms. The van der Waals surface area contributed by atoms with Crippen molar-refractivity contribution in [1.82, 2.24) is 0 Å². The van der Waals surface area contributed by atoms with Crippen LogP contribution in [0.15, 0.2) is 18.2 Å². The zero-order valence-electron chi connectivity index (χ0n) is 6.71. The van der Waals surface area contributed by atoms with Crippen molar-refractivity contribution in [2.75, 3.05) is 0 Å². The molecule has 1 N–H and O–H groups in total. The van der Waals surface area contributed by atoms with E-state index < -0.39 is 13.5 Å². The normalized spacial score (nSPS) is 15.2. The van der Waals surface area contributed by atoms with Gasteiger partial charge >= 0.3 is 7.12 Å². The molecule has 0 aliphatic carbocycles. The molecular weight excluding hydrogens is 177 g/mol. The lowest BCUT2D eigenvalue weighted by atomic mass is 9.78. The molecule has 1 aliphatic heterocycles. The van der Waals surface area contributed by atoms with Gasteiger partial charge in [-0.3, -0.25) is 0 Å². The first-order valence-corrected chi connectivity index (χ1v) is 3.89. The number of halogens is 2. The Hall–Kier alpha value is -0.935. The second kappa shape index (κ2) is 3.08. The SMILES string of the molecule is OB1OCc2c1cccc2C(F)F. The molecule has 0 bridgehead atoms. The standard InChI is InChI=1S/C8H7BF2O2/c10-8(11)5-2-1-3-7-6(5)4-13-9(7)12/h1-3,8,12H,4H2. The van der Waals surface area contributed by atoms with Gasteiger partial charge in [0.05, 0.1) is 6.61 Å². The number of fused-ring (bicyclic) bond motifs is 1. The molecule has 0 aromatic heterocycles. The molecule has 1 heterocycles. The van der Waals surface area contributed by atoms with Crippen LogP contribution in [-0.4, -0.2) is 12.1 Å². The maximum Gasteiger partial charge on any atom is 0.491 e. The summed E-state index contributed by atoms with van der Waals surface area (Å²) in [6.07, 6.45) is -2.51. The monoisotopic (exact) mass is 184 g/mol. The number of alkyl halides is 2. The van der Waals surface area contributed by atoms with Crippen molar-refractivity contribution in [3.05, 3.63) is 29.3 Å². The summed E-state index contributed by atoms with van der Waals surface area (Å²) in [5.41, 5.74) is 0.830. The predicted octanol–water partition coefficient (Wildman–Crippen LogP) is 0.842. The molecule has 0 saturated heterocycles. The molecule has 0 unspecified atom stereocenters. The van der Waals surface area contributed by atoms with Crippen LogP contribution in [0.4, 0.5) is 8.78 Å². The smallest absolute Gasteiger partial charge is 0.423 e. The molecule has 0 atom stereocenters. The van der Waals surface area contributed by atoms with Gasteiger partial charge in [-0.1, -0.05) is 18.2 Å². The molecule has 2 rings (SSSR count). The lowest BCUT2D eigenvalue weighted by molar-refractivity contribution is 0.148. The van der Waals surface area contributed by atoms with E-state index >= 15 is 0 Å². The number of rotatable bonds is 1. The molecule has 1 aliphatic rings. The minimum absolute atomic E-state index is 0.0472. The molecule has 2 nitrogen and oxygen atoms in total. The van der Waals surface area contributed by atoms with Crippen LogP contribution >= 0.6 is 0 Å². The maximum atomic E-state index is 12.4. The van der Waals surface area contributed by atoms with Gasteiger partial charge in [0, 0.05) is 5.56 Å². The van der Waals surface area contributed by atoms with Crippen LogP contribution in [0, 0.1) is 0 Å². The fourth-order valence-corrected chi connectivity index (χ4v) is 1.48. The molecule has 1 aromatic rings. The Bertz CT molecular complexity index is 330. The van der Waals surface area contributed by atoms with Crippen LogP contribution in [0.3, 0.4) is 0 Å². The lowest BCUT2D eigenvalue weighted by Gasteiger charge is -2.04. The first kappa shape index (κ1) is 8.65. The van der Waals surface area contributed by atoms with Crippen molar-refractivity contribution in [3.63, 3.8) is 0 Å². The summed E-state index contributed by atoms with van der Waals surface area (Å²) in [5, 5.41) is 9.22. The van der Waals surface area contributed by atoms with Gasteiger partial charge in [-0.15, -0.1) is 0 Å². The fraction of sp³-hybridized carbons (Fsp3) is 0.250. The number of hydrogen-bond acceptors (Lipinski definition) is 2. The first-order valence-electron chi connectivity index (χ1n) is 3.89. The highest BCUT2D eigenvalue weighted by Crippen LogP contribution is 2.24. The van der Waals surface area contributed by atoms with Crippen LogP contribution in [0.5, 0.6) is 0 Å². The molecular formula is C8H7BF2O2. The summed E-state index contributed by atoms with van der Waals surface area (Å²) in [6.45, 7) is 0.0665. The van der Waals surface area contributed by atoms with Gasteiger partial charge in [-0.25, -0.2) is 8.78 Å². The maximum absolute atomic E-state index is 12.4. The second-order valence-electron chi connectivity index (χ2n) is 2.88. The van der Waals surface area contributed by atoms with Gasteiger partial charge in [0.25, 0.3) is 6.43 Å². The summed E-state index contributed by atoms with van der Waals surface area (Å²) < 4.78 is 29.7. The van der Waals surface area contributed by atoms with Crippen LogP contribution in [0.2, 0.25) is 0 Å². The van der Waals surface area contributed by atoms with E-state index in [1.807, 2.05) is 0 Å². The summed E-state index contributed by atoms with van der Waals surface area (Å²) in [4.78, 5) is 0. The van der Waals surface area contributed by atoms with E-state index in [2.05, 4.69) is 0 Å². The minimum Gasteiger partial charge on any atom is -0.423 e. The van der Waals surface area contributed by atoms with Crippen LogP contribution in [0.1, 0.15) is 17.6 Å². The summed E-state index contributed by atoms with van der Waals surface area (Å²) in [5.74, 6) is 0. The van der Waals surface area contributed by atoms with Crippen molar-refractivity contribution in [2.24, 2.45) is 0 Å². The van der Waals surface area contributed by atoms with E-state index in [1.54, 1.807) is 6.07 Å². The molecule has 1 aromatic carbocycles. The third-order valence-corrected chi connectivity index (χ3v) is 2.14. The van der Waals surface area contributed by atoms with Gasteiger partial charge in [-0.05, 0) is 11.0 Å². The van der Waals surface area contributed by atoms with E-state index in [1.165, 1.54) is 12.1 Å². The Labute approximate surface area is 74.3 Å². The fourth-order valence-electron chi connectivity index (χ4n) is 1.48. The van der Waals surface area contributed by atoms with Crippen LogP contribution in [-0.2, 0) is 11.3 Å². The second-order valence-corrected chi connectivity index (χ2v) is 2.88. The van der Waals surface area contributed by atoms with Crippen molar-refractivity contribution in [3.8, 4) is 0 Å². The van der Waals surface area contributed by atoms with E-state index in [9.17, 15) is 13.8 Å². The van der Waals surface area contributed by atoms with Gasteiger partial charge in [0.15, 0.2) is 0 Å². The van der Waals surface area contributed by atoms with Gasteiger partial charge in [0.1, 0.15) is 0 Å². The van der Waals surface area contributed by atoms with Crippen molar-refractivity contribution in [1.29, 1.82) is 0 Å². The molecule has 68 valence electrons. The Morgan fingerprint density at radius 1 is 1.46 bits per heavy atom. The van der Waals surface area contributed by atoms with E-state index in [0.29, 0.717) is 11.0 Å². The van der Waals surface area contributed by atoms with Crippen molar-refractivity contribution < 1.29 is 18.5 Å². The quantitative estimate of drug-likeness (QED) is 0.655. The van der Waals surface area contributed by atoms with E-state index in [0.717, 1.165) is 0 Å². The zero-order chi connectivity index (χ0) is 9.42. The highest BCUT2D eigenvalue weighted by atomic mass is 19.3. The van der Waals surface area contributed by atoms with Crippen LogP contribution in [0.25, 0.3) is 0 Å². The van der Waals surface area contributed by atoms with Crippen molar-refractivity contribution >= 4 is 12.6 Å². The third kappa shape index (κ3) is 1.34. The van der Waals surface area contributed by atoms with E-state index in [-0.39, 0.29) is 12.2 Å². The first-order chi connectivity index (χ1) is 6.20. The summed E-state index contributed by atoms with van der Waals surface area (Å²) >= 11 is 0. The van der Waals surface area contributed by atoms with E-state index in [4.69, 9.17) is 4.65 Å². The summed E-state index contributed by atoms with van der Waals surface area (Å²) in [7, 11) is -1.05. The molecule has 0 radical (unpaired) electrons. The number of hydrogen-bond donors (Lipinski definition) is 1. The third-order valence-electron chi connectivity index (χ3n) is 2.14. The van der Waals surface area contributed by atoms with Gasteiger partial charge < -0.3 is 9.68 Å². The highest BCUT2D eigenvalue weighted by molar-refractivity contribution is 6.61. The highest BCUT2D eigenvalue weighted by Gasteiger charge is 2.30. The lowest BCUT2D eigenvalue weighted by Crippen LogP contribution is -2.28. The van der Waals surface area contributed by atoms with Gasteiger partial charge in [0.2, 0.25) is 0 Å². The largest absolute Gasteiger partial charge is 0.491 e. The number of benzene rings is 1. The van der Waals surface area contributed by atoms with Crippen LogP contribution < -0.4 is 5.46 Å². The van der Waals surface area contributed by atoms with Crippen molar-refractivity contribution in [2.45, 2.75) is 13.0 Å². The predicted molar refractivity (Wildman–Crippen MR) is 43.8 cm³/mol. The molecule has 0 fully saturated rings. The molecule has 0 saturated carbocycles. The molecule has 5 heteroatoms. The van der Waals surface area contributed by atoms with Gasteiger partial charge in [-0.2, -0.15) is 0 Å². The topological polar surface area (TPSA) is 29.5 Å². The summed E-state index contributed by atoms with van der Waals surface area (Å²) in [6, 6.07) is 4.45. The minimum atomic E-state index is -2.51. The average molecular weight is 184 g/mol.